The van der Waals surface area contributed by atoms with Crippen LogP contribution < -0.4 is 4.74 Å². The Morgan fingerprint density at radius 3 is 1.51 bits per heavy atom. The number of unbranched alkanes of at least 4 members (excludes halogenated alkanes) is 19. The second-order valence-corrected chi connectivity index (χ2v) is 13.6. The molecule has 2 N–H and O–H groups in total. The van der Waals surface area contributed by atoms with Crippen LogP contribution in [0.15, 0.2) is 42.5 Å². The minimum Gasteiger partial charge on any atom is -0.494 e. The lowest BCUT2D eigenvalue weighted by Crippen LogP contribution is -2.18. The normalized spacial score (nSPS) is 11.4. The highest BCUT2D eigenvalue weighted by atomic mass is 19.2. The largest absolute Gasteiger partial charge is 0.494 e. The van der Waals surface area contributed by atoms with Gasteiger partial charge in [-0.05, 0) is 62.3 Å². The lowest BCUT2D eigenvalue weighted by atomic mass is 9.94. The van der Waals surface area contributed by atoms with Gasteiger partial charge in [0.15, 0.2) is 11.6 Å². The van der Waals surface area contributed by atoms with E-state index >= 15 is 0 Å². The van der Waals surface area contributed by atoms with Gasteiger partial charge in [-0.3, -0.25) is 4.79 Å². The van der Waals surface area contributed by atoms with Crippen LogP contribution in [0.1, 0.15) is 154 Å². The third kappa shape index (κ3) is 20.7. The van der Waals surface area contributed by atoms with Gasteiger partial charge < -0.3 is 19.7 Å². The quantitative estimate of drug-likeness (QED) is 0.0591. The molecule has 0 fully saturated rings. The highest BCUT2D eigenvalue weighted by molar-refractivity contribution is 5.72. The van der Waals surface area contributed by atoms with Crippen molar-refractivity contribution in [3.8, 4) is 16.9 Å². The molecule has 0 bridgehead atoms. The molecule has 5 nitrogen and oxygen atoms in total. The summed E-state index contributed by atoms with van der Waals surface area (Å²) in [6.07, 6.45) is 26.7. The average Bonchev–Trinajstić information content (AvgIpc) is 3.11. The molecule has 2 aromatic rings. The van der Waals surface area contributed by atoms with E-state index in [4.69, 9.17) is 19.7 Å². The molecule has 0 aliphatic heterocycles. The molecule has 0 unspecified atom stereocenters. The molecule has 0 saturated heterocycles. The summed E-state index contributed by atoms with van der Waals surface area (Å²) < 4.78 is 39.0. The van der Waals surface area contributed by atoms with Gasteiger partial charge >= 0.3 is 5.97 Å². The Labute approximate surface area is 296 Å². The number of hydrogen-bond donors (Lipinski definition) is 2. The Bertz CT molecular complexity index is 1060. The van der Waals surface area contributed by atoms with Crippen LogP contribution in [-0.2, 0) is 9.53 Å². The number of esters is 1. The molecule has 0 aromatic heterocycles. The number of benzene rings is 2. The number of aliphatic hydroxyl groups is 2. The van der Waals surface area contributed by atoms with E-state index in [0.29, 0.717) is 18.8 Å². The van der Waals surface area contributed by atoms with Crippen molar-refractivity contribution >= 4 is 5.97 Å². The number of aliphatic hydroxyl groups excluding tert-OH is 2. The number of rotatable bonds is 32. The summed E-state index contributed by atoms with van der Waals surface area (Å²) in [5.74, 6) is -0.945. The van der Waals surface area contributed by atoms with E-state index in [9.17, 15) is 13.6 Å². The van der Waals surface area contributed by atoms with Crippen LogP contribution in [0.2, 0.25) is 0 Å². The molecule has 0 heterocycles. The van der Waals surface area contributed by atoms with Crippen molar-refractivity contribution in [2.45, 2.75) is 154 Å². The first-order valence-electron chi connectivity index (χ1n) is 19.6. The van der Waals surface area contributed by atoms with E-state index in [1.54, 1.807) is 18.2 Å². The Morgan fingerprint density at radius 2 is 1.00 bits per heavy atom. The first-order chi connectivity index (χ1) is 24.1. The topological polar surface area (TPSA) is 76.0 Å². The van der Waals surface area contributed by atoms with Gasteiger partial charge in [-0.2, -0.15) is 0 Å². The Hall–Kier alpha value is -2.51. The molecule has 0 aliphatic carbocycles. The van der Waals surface area contributed by atoms with E-state index in [1.807, 2.05) is 12.1 Å². The Morgan fingerprint density at radius 1 is 0.551 bits per heavy atom. The summed E-state index contributed by atoms with van der Waals surface area (Å²) >= 11 is 0. The zero-order chi connectivity index (χ0) is 35.2. The molecule has 2 rings (SSSR count). The van der Waals surface area contributed by atoms with Gasteiger partial charge in [-0.15, -0.1) is 0 Å². The summed E-state index contributed by atoms with van der Waals surface area (Å²) in [5, 5.41) is 17.9. The first-order valence-corrected chi connectivity index (χ1v) is 19.6. The summed E-state index contributed by atoms with van der Waals surface area (Å²) in [4.78, 5) is 12.7. The zero-order valence-electron chi connectivity index (χ0n) is 30.3. The smallest absolute Gasteiger partial charge is 0.308 e. The van der Waals surface area contributed by atoms with Gasteiger partial charge in [0, 0.05) is 18.8 Å². The summed E-state index contributed by atoms with van der Waals surface area (Å²) in [5.41, 5.74) is 0.896. The Kier molecular flexibility index (Phi) is 25.5. The van der Waals surface area contributed by atoms with E-state index < -0.39 is 11.6 Å². The number of carbonyl (C=O) groups excluding carboxylic acids is 1. The fourth-order valence-corrected chi connectivity index (χ4v) is 6.36. The average molecular weight is 689 g/mol. The molecule has 0 saturated carbocycles. The van der Waals surface area contributed by atoms with E-state index in [1.165, 1.54) is 70.3 Å². The lowest BCUT2D eigenvalue weighted by Gasteiger charge is -2.16. The van der Waals surface area contributed by atoms with Crippen LogP contribution in [0.25, 0.3) is 11.1 Å². The van der Waals surface area contributed by atoms with Crippen molar-refractivity contribution < 1.29 is 33.3 Å². The molecule has 0 radical (unpaired) electrons. The minimum atomic E-state index is -0.838. The first kappa shape index (κ1) is 42.7. The summed E-state index contributed by atoms with van der Waals surface area (Å²) in [7, 11) is 0. The van der Waals surface area contributed by atoms with Crippen LogP contribution in [0, 0.1) is 17.6 Å². The van der Waals surface area contributed by atoms with Crippen molar-refractivity contribution in [2.75, 3.05) is 26.4 Å². The fraction of sp³-hybridized carbons (Fsp3) is 0.690. The number of carbonyl (C=O) groups is 1. The maximum Gasteiger partial charge on any atom is 0.308 e. The highest BCUT2D eigenvalue weighted by Crippen LogP contribution is 2.26. The maximum atomic E-state index is 14.0. The predicted molar refractivity (Wildman–Crippen MR) is 197 cm³/mol. The minimum absolute atomic E-state index is 0.00947. The molecule has 0 spiro atoms. The molecule has 0 atom stereocenters. The molecule has 278 valence electrons. The zero-order valence-corrected chi connectivity index (χ0v) is 30.3. The third-order valence-electron chi connectivity index (χ3n) is 9.42. The SMILES string of the molecule is O=C(OCCCCCCCCCCCCCCCCOc1ccc(-c2cccc(F)c2F)cc1)C(CCCCCCO)CCCCCCO. The molecule has 0 aliphatic rings. The van der Waals surface area contributed by atoms with Crippen molar-refractivity contribution in [2.24, 2.45) is 5.92 Å². The van der Waals surface area contributed by atoms with Crippen LogP contribution >= 0.6 is 0 Å². The van der Waals surface area contributed by atoms with Crippen LogP contribution in [0.5, 0.6) is 5.75 Å². The second-order valence-electron chi connectivity index (χ2n) is 13.6. The van der Waals surface area contributed by atoms with Crippen molar-refractivity contribution in [1.82, 2.24) is 0 Å². The second kappa shape index (κ2) is 29.2. The van der Waals surface area contributed by atoms with Gasteiger partial charge in [0.25, 0.3) is 0 Å². The molecular formula is C42H66F2O5. The monoisotopic (exact) mass is 688 g/mol. The molecule has 0 amide bonds. The van der Waals surface area contributed by atoms with Crippen molar-refractivity contribution in [3.05, 3.63) is 54.1 Å². The number of halogens is 2. The molecule has 2 aromatic carbocycles. The van der Waals surface area contributed by atoms with Crippen molar-refractivity contribution in [3.63, 3.8) is 0 Å². The van der Waals surface area contributed by atoms with Crippen molar-refractivity contribution in [1.29, 1.82) is 0 Å². The maximum absolute atomic E-state index is 14.0. The molecular weight excluding hydrogens is 622 g/mol. The fourth-order valence-electron chi connectivity index (χ4n) is 6.36. The van der Waals surface area contributed by atoms with Gasteiger partial charge in [0.1, 0.15) is 5.75 Å². The standard InChI is InChI=1S/C42H66F2O5/c43-40-27-23-26-39(41(40)44)36-28-30-38(31-29-36)48-34-21-15-9-7-5-3-1-2-4-6-8-10-16-22-35-49-42(47)37(24-17-11-13-19-32-45)25-18-12-14-20-33-46/h23,26-31,37,45-46H,1-22,24-25,32-35H2. The Balaban J connectivity index is 1.37. The van der Waals surface area contributed by atoms with Gasteiger partial charge in [0.2, 0.25) is 0 Å². The lowest BCUT2D eigenvalue weighted by molar-refractivity contribution is -0.149. The highest BCUT2D eigenvalue weighted by Gasteiger charge is 2.19. The number of ether oxygens (including phenoxy) is 2. The van der Waals surface area contributed by atoms with Gasteiger partial charge in [-0.1, -0.05) is 140 Å². The van der Waals surface area contributed by atoms with Gasteiger partial charge in [0.05, 0.1) is 19.1 Å². The van der Waals surface area contributed by atoms with E-state index in [2.05, 4.69) is 0 Å². The van der Waals surface area contributed by atoms with Crippen LogP contribution in [0.3, 0.4) is 0 Å². The van der Waals surface area contributed by atoms with E-state index in [-0.39, 0.29) is 30.7 Å². The van der Waals surface area contributed by atoms with Gasteiger partial charge in [-0.25, -0.2) is 8.78 Å². The third-order valence-corrected chi connectivity index (χ3v) is 9.42. The summed E-state index contributed by atoms with van der Waals surface area (Å²) in [6, 6.07) is 11.4. The summed E-state index contributed by atoms with van der Waals surface area (Å²) in [6.45, 7) is 1.68. The number of hydrogen-bond acceptors (Lipinski definition) is 5. The predicted octanol–water partition coefficient (Wildman–Crippen LogP) is 11.5. The van der Waals surface area contributed by atoms with E-state index in [0.717, 1.165) is 102 Å². The molecule has 49 heavy (non-hydrogen) atoms. The van der Waals surface area contributed by atoms with Crippen LogP contribution in [0.4, 0.5) is 8.78 Å². The molecule has 7 heteroatoms. The van der Waals surface area contributed by atoms with Crippen LogP contribution in [-0.4, -0.2) is 42.6 Å².